The van der Waals surface area contributed by atoms with E-state index in [4.69, 9.17) is 4.74 Å². The minimum absolute atomic E-state index is 0.0839. The number of carbonyl (C=O) groups excluding carboxylic acids is 1. The van der Waals surface area contributed by atoms with E-state index in [1.54, 1.807) is 20.8 Å². The van der Waals surface area contributed by atoms with Crippen LogP contribution in [0, 0.1) is 10.1 Å². The maximum absolute atomic E-state index is 11.5. The van der Waals surface area contributed by atoms with Crippen molar-refractivity contribution >= 4 is 6.09 Å². The van der Waals surface area contributed by atoms with Gasteiger partial charge in [0, 0.05) is 16.9 Å². The number of hydrogen-bond acceptors (Lipinski definition) is 4. The van der Waals surface area contributed by atoms with Crippen LogP contribution in [0.2, 0.25) is 0 Å². The van der Waals surface area contributed by atoms with E-state index in [1.165, 1.54) is 0 Å². The van der Waals surface area contributed by atoms with E-state index in [0.29, 0.717) is 12.8 Å². The number of nitro groups is 1. The van der Waals surface area contributed by atoms with Crippen molar-refractivity contribution in [3.63, 3.8) is 0 Å². The summed E-state index contributed by atoms with van der Waals surface area (Å²) in [4.78, 5) is 21.3. The Morgan fingerprint density at radius 1 is 1.29 bits per heavy atom. The highest BCUT2D eigenvalue weighted by molar-refractivity contribution is 5.68. The molecule has 100 valence electrons. The van der Waals surface area contributed by atoms with Crippen LogP contribution in [0.5, 0.6) is 0 Å². The van der Waals surface area contributed by atoms with E-state index in [2.05, 4.69) is 5.32 Å². The Kier molecular flexibility index (Phi) is 5.38. The fourth-order valence-corrected chi connectivity index (χ4v) is 1.29. The van der Waals surface area contributed by atoms with Crippen LogP contribution in [0.4, 0.5) is 4.79 Å². The molecule has 0 rings (SSSR count). The Labute approximate surface area is 102 Å². The summed E-state index contributed by atoms with van der Waals surface area (Å²) < 4.78 is 5.12. The third kappa shape index (κ3) is 9.59. The first kappa shape index (κ1) is 15.7. The van der Waals surface area contributed by atoms with Crippen LogP contribution >= 0.6 is 0 Å². The van der Waals surface area contributed by atoms with Gasteiger partial charge in [0.15, 0.2) is 0 Å². The zero-order valence-corrected chi connectivity index (χ0v) is 11.2. The molecule has 0 aliphatic heterocycles. The van der Waals surface area contributed by atoms with E-state index in [-0.39, 0.29) is 11.5 Å². The van der Waals surface area contributed by atoms with Gasteiger partial charge in [-0.3, -0.25) is 10.1 Å². The van der Waals surface area contributed by atoms with Gasteiger partial charge in [-0.2, -0.15) is 0 Å². The third-order valence-corrected chi connectivity index (χ3v) is 1.98. The molecule has 0 fully saturated rings. The lowest BCUT2D eigenvalue weighted by Gasteiger charge is -2.28. The zero-order chi connectivity index (χ0) is 13.7. The summed E-state index contributed by atoms with van der Waals surface area (Å²) in [6, 6.07) is 0. The Morgan fingerprint density at radius 2 is 1.82 bits per heavy atom. The molecule has 0 saturated heterocycles. The van der Waals surface area contributed by atoms with E-state index in [1.807, 2.05) is 13.8 Å². The summed E-state index contributed by atoms with van der Waals surface area (Å²) in [6.07, 6.45) is 0.465. The van der Waals surface area contributed by atoms with Gasteiger partial charge in [0.1, 0.15) is 5.60 Å². The molecular formula is C11H22N2O4. The van der Waals surface area contributed by atoms with Crippen LogP contribution in [0.15, 0.2) is 0 Å². The topological polar surface area (TPSA) is 81.5 Å². The molecule has 0 aliphatic rings. The van der Waals surface area contributed by atoms with Crippen molar-refractivity contribution < 1.29 is 14.5 Å². The predicted octanol–water partition coefficient (Wildman–Crippen LogP) is 2.35. The number of nitrogens with zero attached hydrogens (tertiary/aromatic N) is 1. The summed E-state index contributed by atoms with van der Waals surface area (Å²) in [5.74, 6) is 0. The van der Waals surface area contributed by atoms with Gasteiger partial charge in [0.05, 0.1) is 0 Å². The molecule has 6 nitrogen and oxygen atoms in total. The van der Waals surface area contributed by atoms with Gasteiger partial charge in [-0.15, -0.1) is 0 Å². The minimum atomic E-state index is -0.541. The molecule has 0 aliphatic carbocycles. The number of alkyl carbamates (subject to hydrolysis) is 1. The van der Waals surface area contributed by atoms with Crippen LogP contribution in [0.1, 0.15) is 47.5 Å². The van der Waals surface area contributed by atoms with Crippen LogP contribution in [-0.2, 0) is 4.74 Å². The molecule has 1 N–H and O–H groups in total. The monoisotopic (exact) mass is 246 g/mol. The third-order valence-electron chi connectivity index (χ3n) is 1.98. The summed E-state index contributed by atoms with van der Waals surface area (Å²) in [5.41, 5.74) is -1.04. The predicted molar refractivity (Wildman–Crippen MR) is 64.5 cm³/mol. The lowest BCUT2D eigenvalue weighted by molar-refractivity contribution is -0.480. The molecule has 0 heterocycles. The second-order valence-corrected chi connectivity index (χ2v) is 5.67. The molecular weight excluding hydrogens is 224 g/mol. The molecule has 0 aromatic rings. The van der Waals surface area contributed by atoms with Gasteiger partial charge in [0.25, 0.3) is 0 Å². The number of ether oxygens (including phenoxy) is 1. The molecule has 0 spiro atoms. The van der Waals surface area contributed by atoms with Crippen molar-refractivity contribution in [1.82, 2.24) is 5.32 Å². The number of rotatable bonds is 5. The summed E-state index contributed by atoms with van der Waals surface area (Å²) in [6.45, 7) is 8.90. The molecule has 6 heteroatoms. The molecule has 0 radical (unpaired) electrons. The van der Waals surface area contributed by atoms with E-state index in [9.17, 15) is 14.9 Å². The van der Waals surface area contributed by atoms with Gasteiger partial charge in [-0.25, -0.2) is 4.79 Å². The van der Waals surface area contributed by atoms with Crippen molar-refractivity contribution in [3.05, 3.63) is 10.1 Å². The number of hydrogen-bond donors (Lipinski definition) is 1. The van der Waals surface area contributed by atoms with Crippen LogP contribution in [0.3, 0.4) is 0 Å². The first-order chi connectivity index (χ1) is 7.52. The molecule has 17 heavy (non-hydrogen) atoms. The average molecular weight is 246 g/mol. The Hall–Kier alpha value is -1.33. The van der Waals surface area contributed by atoms with Gasteiger partial charge in [-0.1, -0.05) is 0 Å². The smallest absolute Gasteiger partial charge is 0.408 e. The number of carbonyl (C=O) groups is 1. The lowest BCUT2D eigenvalue weighted by atomic mass is 9.99. The number of nitrogens with one attached hydrogen (secondary N) is 1. The largest absolute Gasteiger partial charge is 0.444 e. The van der Waals surface area contributed by atoms with Gasteiger partial charge >= 0.3 is 6.09 Å². The second-order valence-electron chi connectivity index (χ2n) is 5.67. The highest BCUT2D eigenvalue weighted by Crippen LogP contribution is 2.13. The molecule has 1 amide bonds. The SMILES string of the molecule is CC(C)(CCC[N+](=O)[O-])NC(=O)OC(C)(C)C. The standard InChI is InChI=1S/C11H22N2O4/c1-10(2,3)17-9(14)12-11(4,5)7-6-8-13(15)16/h6-8H2,1-5H3,(H,12,14). The van der Waals surface area contributed by atoms with Crippen molar-refractivity contribution in [2.45, 2.75) is 58.6 Å². The molecule has 0 unspecified atom stereocenters. The summed E-state index contributed by atoms with van der Waals surface area (Å²) in [5, 5.41) is 12.9. The highest BCUT2D eigenvalue weighted by Gasteiger charge is 2.24. The van der Waals surface area contributed by atoms with Gasteiger partial charge in [-0.05, 0) is 41.0 Å². The highest BCUT2D eigenvalue weighted by atomic mass is 16.6. The quantitative estimate of drug-likeness (QED) is 0.596. The van der Waals surface area contributed by atoms with Crippen molar-refractivity contribution in [1.29, 1.82) is 0 Å². The normalized spacial score (nSPS) is 12.1. The maximum Gasteiger partial charge on any atom is 0.408 e. The lowest BCUT2D eigenvalue weighted by Crippen LogP contribution is -2.45. The van der Waals surface area contributed by atoms with Crippen LogP contribution < -0.4 is 5.32 Å². The van der Waals surface area contributed by atoms with Crippen LogP contribution in [0.25, 0.3) is 0 Å². The van der Waals surface area contributed by atoms with E-state index < -0.39 is 17.2 Å². The zero-order valence-electron chi connectivity index (χ0n) is 11.2. The first-order valence-electron chi connectivity index (χ1n) is 5.65. The number of amides is 1. The minimum Gasteiger partial charge on any atom is -0.444 e. The maximum atomic E-state index is 11.5. The van der Waals surface area contributed by atoms with Crippen molar-refractivity contribution in [2.24, 2.45) is 0 Å². The first-order valence-corrected chi connectivity index (χ1v) is 5.65. The summed E-state index contributed by atoms with van der Waals surface area (Å²) >= 11 is 0. The van der Waals surface area contributed by atoms with Crippen LogP contribution in [-0.4, -0.2) is 28.7 Å². The van der Waals surface area contributed by atoms with Gasteiger partial charge in [0.2, 0.25) is 6.54 Å². The molecule has 0 aromatic heterocycles. The molecule has 0 bridgehead atoms. The van der Waals surface area contributed by atoms with E-state index >= 15 is 0 Å². The fraction of sp³-hybridized carbons (Fsp3) is 0.909. The molecule has 0 atom stereocenters. The Bertz CT molecular complexity index is 282. The van der Waals surface area contributed by atoms with Crippen molar-refractivity contribution in [2.75, 3.05) is 6.54 Å². The Morgan fingerprint density at radius 3 is 2.24 bits per heavy atom. The summed E-state index contributed by atoms with van der Waals surface area (Å²) in [7, 11) is 0. The second kappa shape index (κ2) is 5.84. The fourth-order valence-electron chi connectivity index (χ4n) is 1.29. The van der Waals surface area contributed by atoms with E-state index in [0.717, 1.165) is 0 Å². The Balaban J connectivity index is 4.07. The van der Waals surface area contributed by atoms with Crippen molar-refractivity contribution in [3.8, 4) is 0 Å². The average Bonchev–Trinajstić information content (AvgIpc) is 1.96. The van der Waals surface area contributed by atoms with Gasteiger partial charge < -0.3 is 10.1 Å². The molecule has 0 aromatic carbocycles. The molecule has 0 saturated carbocycles.